The van der Waals surface area contributed by atoms with Crippen molar-refractivity contribution in [3.63, 3.8) is 0 Å². The zero-order valence-electron chi connectivity index (χ0n) is 12.6. The lowest BCUT2D eigenvalue weighted by atomic mass is 9.78. The number of aryl methyl sites for hydroxylation is 1. The van der Waals surface area contributed by atoms with Crippen molar-refractivity contribution in [3.05, 3.63) is 29.3 Å². The Bertz CT molecular complexity index is 474. The van der Waals surface area contributed by atoms with Crippen molar-refractivity contribution in [1.82, 2.24) is 5.32 Å². The van der Waals surface area contributed by atoms with Gasteiger partial charge < -0.3 is 15.4 Å². The Labute approximate surface area is 120 Å². The van der Waals surface area contributed by atoms with Crippen LogP contribution in [-0.4, -0.2) is 32.7 Å². The molecule has 4 heteroatoms. The summed E-state index contributed by atoms with van der Waals surface area (Å²) in [7, 11) is 1.66. The molecular formula is C16H24N2O2. The molecule has 1 aliphatic heterocycles. The van der Waals surface area contributed by atoms with Crippen LogP contribution in [0, 0.1) is 19.3 Å². The highest BCUT2D eigenvalue weighted by atomic mass is 16.5. The first-order valence-corrected chi connectivity index (χ1v) is 7.16. The fourth-order valence-corrected chi connectivity index (χ4v) is 2.76. The summed E-state index contributed by atoms with van der Waals surface area (Å²) < 4.78 is 5.31. The van der Waals surface area contributed by atoms with E-state index in [2.05, 4.69) is 23.6 Å². The molecule has 1 aromatic rings. The van der Waals surface area contributed by atoms with Crippen LogP contribution in [0.5, 0.6) is 0 Å². The van der Waals surface area contributed by atoms with Gasteiger partial charge in [-0.3, -0.25) is 4.79 Å². The van der Waals surface area contributed by atoms with Gasteiger partial charge in [-0.1, -0.05) is 12.1 Å². The van der Waals surface area contributed by atoms with E-state index in [0.29, 0.717) is 6.61 Å². The predicted octanol–water partition coefficient (Wildman–Crippen LogP) is 2.26. The summed E-state index contributed by atoms with van der Waals surface area (Å²) >= 11 is 0. The second kappa shape index (κ2) is 6.37. The van der Waals surface area contributed by atoms with Crippen LogP contribution in [0.15, 0.2) is 18.2 Å². The van der Waals surface area contributed by atoms with Gasteiger partial charge in [-0.25, -0.2) is 0 Å². The lowest BCUT2D eigenvalue weighted by Gasteiger charge is -2.35. The van der Waals surface area contributed by atoms with Crippen molar-refractivity contribution in [2.45, 2.75) is 26.7 Å². The molecule has 20 heavy (non-hydrogen) atoms. The normalized spacial score (nSPS) is 17.8. The average molecular weight is 276 g/mol. The van der Waals surface area contributed by atoms with E-state index < -0.39 is 5.41 Å². The van der Waals surface area contributed by atoms with Crippen LogP contribution in [0.2, 0.25) is 0 Å². The van der Waals surface area contributed by atoms with Gasteiger partial charge >= 0.3 is 0 Å². The minimum absolute atomic E-state index is 0.0783. The highest BCUT2D eigenvalue weighted by molar-refractivity contribution is 5.96. The second-order valence-electron chi connectivity index (χ2n) is 5.66. The molecule has 0 bridgehead atoms. The minimum Gasteiger partial charge on any atom is -0.384 e. The quantitative estimate of drug-likeness (QED) is 0.887. The van der Waals surface area contributed by atoms with Crippen molar-refractivity contribution >= 4 is 11.6 Å². The summed E-state index contributed by atoms with van der Waals surface area (Å²) in [4.78, 5) is 12.7. The molecule has 1 saturated heterocycles. The summed E-state index contributed by atoms with van der Waals surface area (Å²) in [5, 5.41) is 6.40. The van der Waals surface area contributed by atoms with Gasteiger partial charge in [-0.2, -0.15) is 0 Å². The molecule has 0 saturated carbocycles. The van der Waals surface area contributed by atoms with Crippen molar-refractivity contribution in [3.8, 4) is 0 Å². The Morgan fingerprint density at radius 3 is 2.70 bits per heavy atom. The third-order valence-electron chi connectivity index (χ3n) is 4.32. The van der Waals surface area contributed by atoms with Gasteiger partial charge in [0.15, 0.2) is 0 Å². The summed E-state index contributed by atoms with van der Waals surface area (Å²) in [6.45, 7) is 6.30. The first-order chi connectivity index (χ1) is 9.59. The summed E-state index contributed by atoms with van der Waals surface area (Å²) in [5.74, 6) is 0.0783. The summed E-state index contributed by atoms with van der Waals surface area (Å²) in [6.07, 6.45) is 1.63. The van der Waals surface area contributed by atoms with Crippen LogP contribution < -0.4 is 10.6 Å². The Morgan fingerprint density at radius 2 is 2.05 bits per heavy atom. The summed E-state index contributed by atoms with van der Waals surface area (Å²) in [5.41, 5.74) is 2.82. The Kier molecular flexibility index (Phi) is 4.78. The molecule has 2 rings (SSSR count). The zero-order chi connectivity index (χ0) is 14.6. The third kappa shape index (κ3) is 3.02. The van der Waals surface area contributed by atoms with E-state index in [1.54, 1.807) is 7.11 Å². The SMILES string of the molecule is COCC1(C(=O)Nc2cccc(C)c2C)CCNCC1. The second-order valence-corrected chi connectivity index (χ2v) is 5.66. The molecule has 1 aromatic carbocycles. The molecule has 0 atom stereocenters. The molecule has 110 valence electrons. The minimum atomic E-state index is -0.407. The number of anilines is 1. The zero-order valence-corrected chi connectivity index (χ0v) is 12.6. The standard InChI is InChI=1S/C16H24N2O2/c1-12-5-4-6-14(13(12)2)18-15(19)16(11-20-3)7-9-17-10-8-16/h4-6,17H,7-11H2,1-3H3,(H,18,19). The highest BCUT2D eigenvalue weighted by Crippen LogP contribution is 2.31. The number of benzene rings is 1. The smallest absolute Gasteiger partial charge is 0.233 e. The van der Waals surface area contributed by atoms with Gasteiger partial charge in [-0.05, 0) is 57.0 Å². The average Bonchev–Trinajstić information content (AvgIpc) is 2.45. The number of piperidine rings is 1. The van der Waals surface area contributed by atoms with Gasteiger partial charge in [0.05, 0.1) is 12.0 Å². The fraction of sp³-hybridized carbons (Fsp3) is 0.562. The number of hydrogen-bond acceptors (Lipinski definition) is 3. The molecule has 4 nitrogen and oxygen atoms in total. The maximum absolute atomic E-state index is 12.7. The number of carbonyl (C=O) groups excluding carboxylic acids is 1. The maximum atomic E-state index is 12.7. The van der Waals surface area contributed by atoms with E-state index in [4.69, 9.17) is 4.74 Å². The largest absolute Gasteiger partial charge is 0.384 e. The number of rotatable bonds is 4. The molecule has 0 unspecified atom stereocenters. The van der Waals surface area contributed by atoms with Crippen LogP contribution in [-0.2, 0) is 9.53 Å². The molecule has 0 aliphatic carbocycles. The van der Waals surface area contributed by atoms with Crippen molar-refractivity contribution in [2.24, 2.45) is 5.41 Å². The monoisotopic (exact) mass is 276 g/mol. The number of carbonyl (C=O) groups is 1. The van der Waals surface area contributed by atoms with Gasteiger partial charge in [0.2, 0.25) is 5.91 Å². The molecule has 2 N–H and O–H groups in total. The van der Waals surface area contributed by atoms with Crippen LogP contribution >= 0.6 is 0 Å². The Morgan fingerprint density at radius 1 is 1.35 bits per heavy atom. The van der Waals surface area contributed by atoms with E-state index in [-0.39, 0.29) is 5.91 Å². The molecule has 0 radical (unpaired) electrons. The first-order valence-electron chi connectivity index (χ1n) is 7.16. The lowest BCUT2D eigenvalue weighted by molar-refractivity contribution is -0.130. The van der Waals surface area contributed by atoms with Crippen LogP contribution in [0.4, 0.5) is 5.69 Å². The molecule has 1 heterocycles. The fourth-order valence-electron chi connectivity index (χ4n) is 2.76. The first kappa shape index (κ1) is 15.0. The number of hydrogen-bond donors (Lipinski definition) is 2. The van der Waals surface area contributed by atoms with E-state index in [9.17, 15) is 4.79 Å². The third-order valence-corrected chi connectivity index (χ3v) is 4.32. The van der Waals surface area contributed by atoms with Crippen molar-refractivity contribution in [2.75, 3.05) is 32.1 Å². The van der Waals surface area contributed by atoms with E-state index >= 15 is 0 Å². The van der Waals surface area contributed by atoms with Gasteiger partial charge in [0, 0.05) is 12.8 Å². The van der Waals surface area contributed by atoms with E-state index in [1.165, 1.54) is 5.56 Å². The lowest BCUT2D eigenvalue weighted by Crippen LogP contribution is -2.47. The molecular weight excluding hydrogens is 252 g/mol. The van der Waals surface area contributed by atoms with E-state index in [0.717, 1.165) is 37.2 Å². The Hall–Kier alpha value is -1.39. The molecule has 1 amide bonds. The molecule has 0 aromatic heterocycles. The predicted molar refractivity (Wildman–Crippen MR) is 81.0 cm³/mol. The van der Waals surface area contributed by atoms with Gasteiger partial charge in [0.1, 0.15) is 0 Å². The molecule has 1 fully saturated rings. The highest BCUT2D eigenvalue weighted by Gasteiger charge is 2.39. The van der Waals surface area contributed by atoms with Crippen molar-refractivity contribution < 1.29 is 9.53 Å². The number of methoxy groups -OCH3 is 1. The molecule has 1 aliphatic rings. The summed E-state index contributed by atoms with van der Waals surface area (Å²) in [6, 6.07) is 5.99. The van der Waals surface area contributed by atoms with Gasteiger partial charge in [0.25, 0.3) is 0 Å². The Balaban J connectivity index is 2.18. The molecule has 0 spiro atoms. The number of ether oxygens (including phenoxy) is 1. The maximum Gasteiger partial charge on any atom is 0.233 e. The topological polar surface area (TPSA) is 50.4 Å². The number of amides is 1. The van der Waals surface area contributed by atoms with Crippen LogP contribution in [0.3, 0.4) is 0 Å². The van der Waals surface area contributed by atoms with Crippen LogP contribution in [0.1, 0.15) is 24.0 Å². The van der Waals surface area contributed by atoms with Crippen molar-refractivity contribution in [1.29, 1.82) is 0 Å². The van der Waals surface area contributed by atoms with Crippen LogP contribution in [0.25, 0.3) is 0 Å². The van der Waals surface area contributed by atoms with E-state index in [1.807, 2.05) is 19.1 Å². The number of nitrogens with one attached hydrogen (secondary N) is 2. The van der Waals surface area contributed by atoms with Gasteiger partial charge in [-0.15, -0.1) is 0 Å².